The summed E-state index contributed by atoms with van der Waals surface area (Å²) in [5.41, 5.74) is 3.51. The standard InChI is InChI=1S/C26H36N4O5S2/c1-19-17-20(2)24-23(18-19)27-26(36-24)30(12-11-28(3)4)25(31)21-7-9-22(10-8-21)37(32,33)29(13-15-34-5)14-16-35-6/h7-10,17-18H,11-16H2,1-6H3. The van der Waals surface area contributed by atoms with Crippen molar-refractivity contribution < 1.29 is 22.7 Å². The van der Waals surface area contributed by atoms with Gasteiger partial charge in [-0.05, 0) is 69.4 Å². The van der Waals surface area contributed by atoms with Gasteiger partial charge in [0.05, 0.1) is 28.3 Å². The van der Waals surface area contributed by atoms with Crippen molar-refractivity contribution in [2.75, 3.05) is 72.6 Å². The lowest BCUT2D eigenvalue weighted by Gasteiger charge is -2.23. The van der Waals surface area contributed by atoms with Crippen LogP contribution in [0.3, 0.4) is 0 Å². The number of hydrogen-bond acceptors (Lipinski definition) is 8. The second kappa shape index (κ2) is 12.9. The zero-order valence-corrected chi connectivity index (χ0v) is 24.0. The van der Waals surface area contributed by atoms with Crippen LogP contribution >= 0.6 is 11.3 Å². The number of rotatable bonds is 13. The number of carbonyl (C=O) groups excluding carboxylic acids is 1. The van der Waals surface area contributed by atoms with E-state index in [1.54, 1.807) is 17.0 Å². The molecule has 2 aromatic carbocycles. The van der Waals surface area contributed by atoms with E-state index in [0.29, 0.717) is 23.8 Å². The van der Waals surface area contributed by atoms with E-state index in [-0.39, 0.29) is 37.1 Å². The van der Waals surface area contributed by atoms with Gasteiger partial charge in [0.15, 0.2) is 5.13 Å². The fourth-order valence-corrected chi connectivity index (χ4v) is 6.33. The molecule has 0 N–H and O–H groups in total. The molecule has 0 bridgehead atoms. The van der Waals surface area contributed by atoms with Crippen LogP contribution in [-0.2, 0) is 19.5 Å². The van der Waals surface area contributed by atoms with Gasteiger partial charge in [0.1, 0.15) is 0 Å². The average molecular weight is 549 g/mol. The SMILES string of the molecule is COCCN(CCOC)S(=O)(=O)c1ccc(C(=O)N(CCN(C)C)c2nc3cc(C)cc(C)c3s2)cc1. The Morgan fingerprint density at radius 1 is 0.946 bits per heavy atom. The Hall–Kier alpha value is -2.41. The first-order valence-corrected chi connectivity index (χ1v) is 14.3. The molecule has 11 heteroatoms. The minimum Gasteiger partial charge on any atom is -0.383 e. The Bertz CT molecular complexity index is 1300. The third-order valence-electron chi connectivity index (χ3n) is 5.88. The molecule has 9 nitrogen and oxygen atoms in total. The first kappa shape index (κ1) is 29.2. The number of sulfonamides is 1. The molecule has 1 aromatic heterocycles. The first-order chi connectivity index (χ1) is 17.6. The largest absolute Gasteiger partial charge is 0.383 e. The predicted octanol–water partition coefficient (Wildman–Crippen LogP) is 3.41. The van der Waals surface area contributed by atoms with E-state index in [9.17, 15) is 13.2 Å². The van der Waals surface area contributed by atoms with Gasteiger partial charge < -0.3 is 14.4 Å². The van der Waals surface area contributed by atoms with Crippen LogP contribution < -0.4 is 4.90 Å². The minimum absolute atomic E-state index is 0.113. The Balaban J connectivity index is 1.91. The van der Waals surface area contributed by atoms with Gasteiger partial charge in [-0.15, -0.1) is 0 Å². The summed E-state index contributed by atoms with van der Waals surface area (Å²) in [4.78, 5) is 22.2. The number of aryl methyl sites for hydroxylation is 2. The van der Waals surface area contributed by atoms with Gasteiger partial charge in [-0.1, -0.05) is 17.4 Å². The van der Waals surface area contributed by atoms with Crippen molar-refractivity contribution >= 4 is 42.6 Å². The van der Waals surface area contributed by atoms with Gasteiger partial charge in [-0.3, -0.25) is 9.69 Å². The van der Waals surface area contributed by atoms with Crippen molar-refractivity contribution in [3.63, 3.8) is 0 Å². The zero-order valence-electron chi connectivity index (χ0n) is 22.4. The molecule has 0 fully saturated rings. The second-order valence-electron chi connectivity index (χ2n) is 9.10. The van der Waals surface area contributed by atoms with Crippen LogP contribution in [0.5, 0.6) is 0 Å². The van der Waals surface area contributed by atoms with Gasteiger partial charge in [0.2, 0.25) is 10.0 Å². The summed E-state index contributed by atoms with van der Waals surface area (Å²) in [6, 6.07) is 10.2. The average Bonchev–Trinajstić information content (AvgIpc) is 3.28. The molecule has 3 aromatic rings. The van der Waals surface area contributed by atoms with Crippen molar-refractivity contribution in [1.82, 2.24) is 14.2 Å². The van der Waals surface area contributed by atoms with Crippen LogP contribution in [0.25, 0.3) is 10.2 Å². The quantitative estimate of drug-likeness (QED) is 0.323. The lowest BCUT2D eigenvalue weighted by Crippen LogP contribution is -2.37. The molecule has 202 valence electrons. The van der Waals surface area contributed by atoms with Crippen molar-refractivity contribution in [3.8, 4) is 0 Å². The van der Waals surface area contributed by atoms with E-state index < -0.39 is 10.0 Å². The molecular formula is C26H36N4O5S2. The first-order valence-electron chi connectivity index (χ1n) is 12.0. The molecule has 1 heterocycles. The molecule has 0 radical (unpaired) electrons. The van der Waals surface area contributed by atoms with E-state index in [0.717, 1.165) is 21.3 Å². The van der Waals surface area contributed by atoms with Crippen LogP contribution in [-0.4, -0.2) is 96.2 Å². The zero-order chi connectivity index (χ0) is 27.2. The molecule has 0 saturated carbocycles. The van der Waals surface area contributed by atoms with Crippen LogP contribution in [0.15, 0.2) is 41.3 Å². The van der Waals surface area contributed by atoms with E-state index >= 15 is 0 Å². The third-order valence-corrected chi connectivity index (χ3v) is 9.03. The van der Waals surface area contributed by atoms with Gasteiger partial charge in [0, 0.05) is 46.0 Å². The molecule has 0 spiro atoms. The van der Waals surface area contributed by atoms with E-state index in [4.69, 9.17) is 14.5 Å². The number of amides is 1. The number of likely N-dealkylation sites (N-methyl/N-ethyl adjacent to an activating group) is 1. The highest BCUT2D eigenvalue weighted by Gasteiger charge is 2.26. The monoisotopic (exact) mass is 548 g/mol. The van der Waals surface area contributed by atoms with Crippen molar-refractivity contribution in [2.24, 2.45) is 0 Å². The normalized spacial score (nSPS) is 12.1. The van der Waals surface area contributed by atoms with Gasteiger partial charge in [-0.25, -0.2) is 13.4 Å². The maximum atomic E-state index is 13.6. The molecule has 3 rings (SSSR count). The Morgan fingerprint density at radius 2 is 1.57 bits per heavy atom. The smallest absolute Gasteiger partial charge is 0.260 e. The molecular weight excluding hydrogens is 512 g/mol. The highest BCUT2D eigenvalue weighted by molar-refractivity contribution is 7.89. The number of anilines is 1. The highest BCUT2D eigenvalue weighted by Crippen LogP contribution is 2.33. The maximum Gasteiger partial charge on any atom is 0.260 e. The van der Waals surface area contributed by atoms with Gasteiger partial charge in [-0.2, -0.15) is 4.31 Å². The third kappa shape index (κ3) is 7.13. The lowest BCUT2D eigenvalue weighted by atomic mass is 10.1. The molecule has 0 unspecified atom stereocenters. The van der Waals surface area contributed by atoms with Crippen LogP contribution in [0, 0.1) is 13.8 Å². The Kier molecular flexibility index (Phi) is 10.2. The summed E-state index contributed by atoms with van der Waals surface area (Å²) in [7, 11) is 3.18. The topological polar surface area (TPSA) is 92.3 Å². The number of carbonyl (C=O) groups is 1. The Morgan fingerprint density at radius 3 is 2.14 bits per heavy atom. The number of ether oxygens (including phenoxy) is 2. The summed E-state index contributed by atoms with van der Waals surface area (Å²) in [6.07, 6.45) is 0. The fourth-order valence-electron chi connectivity index (χ4n) is 3.88. The van der Waals surface area contributed by atoms with Crippen molar-refractivity contribution in [2.45, 2.75) is 18.7 Å². The van der Waals surface area contributed by atoms with Crippen molar-refractivity contribution in [3.05, 3.63) is 53.1 Å². The van der Waals surface area contributed by atoms with Crippen LogP contribution in [0.4, 0.5) is 5.13 Å². The molecule has 0 atom stereocenters. The molecule has 37 heavy (non-hydrogen) atoms. The van der Waals surface area contributed by atoms with Gasteiger partial charge >= 0.3 is 0 Å². The van der Waals surface area contributed by atoms with E-state index in [1.807, 2.05) is 38.9 Å². The number of nitrogens with zero attached hydrogens (tertiary/aromatic N) is 4. The number of fused-ring (bicyclic) bond motifs is 1. The Labute approximate surface area is 223 Å². The number of aromatic nitrogens is 1. The summed E-state index contributed by atoms with van der Waals surface area (Å²) in [6.45, 7) is 6.12. The van der Waals surface area contributed by atoms with Crippen LogP contribution in [0.2, 0.25) is 0 Å². The van der Waals surface area contributed by atoms with Gasteiger partial charge in [0.25, 0.3) is 5.91 Å². The van der Waals surface area contributed by atoms with Crippen molar-refractivity contribution in [1.29, 1.82) is 0 Å². The number of hydrogen-bond donors (Lipinski definition) is 0. The summed E-state index contributed by atoms with van der Waals surface area (Å²) >= 11 is 1.49. The second-order valence-corrected chi connectivity index (χ2v) is 12.0. The molecule has 1 amide bonds. The molecule has 0 aliphatic carbocycles. The lowest BCUT2D eigenvalue weighted by molar-refractivity contribution is 0.0985. The molecule has 0 aliphatic heterocycles. The van der Waals surface area contributed by atoms with E-state index in [1.165, 1.54) is 42.0 Å². The number of methoxy groups -OCH3 is 2. The van der Waals surface area contributed by atoms with Crippen LogP contribution in [0.1, 0.15) is 21.5 Å². The van der Waals surface area contributed by atoms with E-state index in [2.05, 4.69) is 6.07 Å². The summed E-state index contributed by atoms with van der Waals surface area (Å²) in [5.74, 6) is -0.227. The molecule has 0 aliphatic rings. The highest BCUT2D eigenvalue weighted by atomic mass is 32.2. The molecule has 0 saturated heterocycles. The fraction of sp³-hybridized carbons (Fsp3) is 0.462. The minimum atomic E-state index is -3.78. The number of thiazole rings is 1. The summed E-state index contributed by atoms with van der Waals surface area (Å²) < 4.78 is 39.0. The predicted molar refractivity (Wildman–Crippen MR) is 148 cm³/mol. The maximum absolute atomic E-state index is 13.6. The summed E-state index contributed by atoms with van der Waals surface area (Å²) in [5, 5.41) is 0.623. The number of benzene rings is 2.